The van der Waals surface area contributed by atoms with Gasteiger partial charge >= 0.3 is 0 Å². The molecule has 0 bridgehead atoms. The first kappa shape index (κ1) is 45.5. The monoisotopic (exact) mass is 777 g/mol. The Morgan fingerprint density at radius 1 is 0.596 bits per heavy atom. The van der Waals surface area contributed by atoms with Gasteiger partial charge in [0.15, 0.2) is 0 Å². The number of rotatable bonds is 8. The van der Waals surface area contributed by atoms with Gasteiger partial charge in [0.2, 0.25) is 5.91 Å². The summed E-state index contributed by atoms with van der Waals surface area (Å²) in [6.07, 6.45) is 0.249. The van der Waals surface area contributed by atoms with E-state index in [1.807, 2.05) is 39.0 Å². The first-order chi connectivity index (χ1) is 23.7. The van der Waals surface area contributed by atoms with Crippen molar-refractivity contribution in [3.63, 3.8) is 0 Å². The number of hydrogen-bond donors (Lipinski definition) is 4. The molecule has 16 heteroatoms. The van der Waals surface area contributed by atoms with E-state index in [1.54, 1.807) is 43.3 Å². The molecule has 0 aliphatic heterocycles. The number of aryl methyl sites for hydroxylation is 3. The lowest BCUT2D eigenvalue weighted by molar-refractivity contribution is -0.128. The Morgan fingerprint density at radius 3 is 1.29 bits per heavy atom. The fourth-order valence-electron chi connectivity index (χ4n) is 4.07. The summed E-state index contributed by atoms with van der Waals surface area (Å²) in [6, 6.07) is 32.4. The number of benzene rings is 5. The predicted octanol–water partition coefficient (Wildman–Crippen LogP) is 5.17. The van der Waals surface area contributed by atoms with E-state index in [0.29, 0.717) is 6.61 Å². The van der Waals surface area contributed by atoms with E-state index in [0.717, 1.165) is 23.1 Å². The van der Waals surface area contributed by atoms with Crippen molar-refractivity contribution in [2.75, 3.05) is 6.61 Å². The van der Waals surface area contributed by atoms with Gasteiger partial charge in [-0.1, -0.05) is 95.6 Å². The van der Waals surface area contributed by atoms with Gasteiger partial charge < -0.3 is 15.9 Å². The van der Waals surface area contributed by atoms with Crippen molar-refractivity contribution in [1.82, 2.24) is 0 Å². The summed E-state index contributed by atoms with van der Waals surface area (Å²) < 4.78 is 94.0. The second-order valence-electron chi connectivity index (χ2n) is 11.2. The van der Waals surface area contributed by atoms with Gasteiger partial charge in [0.05, 0.1) is 21.3 Å². The molecule has 52 heavy (non-hydrogen) atoms. The molecular weight excluding hydrogens is 735 g/mol. The fraction of sp³-hybridized carbons (Fsp3) is 0.194. The third-order valence-corrected chi connectivity index (χ3v) is 9.58. The van der Waals surface area contributed by atoms with Crippen molar-refractivity contribution >= 4 is 47.0 Å². The molecule has 1 atom stereocenters. The maximum atomic E-state index is 10.9. The molecule has 0 radical (unpaired) electrons. The van der Waals surface area contributed by atoms with Crippen LogP contribution in [-0.4, -0.2) is 63.0 Å². The topological polar surface area (TPSA) is 247 Å². The van der Waals surface area contributed by atoms with Gasteiger partial charge in [-0.05, 0) is 86.8 Å². The zero-order chi connectivity index (χ0) is 38.4. The maximum Gasteiger partial charge on any atom is 0.294 e. The van der Waals surface area contributed by atoms with Crippen LogP contribution in [-0.2, 0) is 46.3 Å². The van der Waals surface area contributed by atoms with E-state index >= 15 is 0 Å². The molecular formula is C36H43NO12S3. The van der Waals surface area contributed by atoms with E-state index in [-0.39, 0.29) is 20.2 Å². The van der Waals surface area contributed by atoms with Gasteiger partial charge in [-0.3, -0.25) is 18.5 Å². The molecule has 1 unspecified atom stereocenters. The smallest absolute Gasteiger partial charge is 0.294 e. The fourth-order valence-corrected chi connectivity index (χ4v) is 5.51. The number of carbonyl (C=O) groups is 1. The van der Waals surface area contributed by atoms with Crippen molar-refractivity contribution in [3.8, 4) is 0 Å². The molecule has 0 saturated carbocycles. The minimum Gasteiger partial charge on any atom is -0.412 e. The van der Waals surface area contributed by atoms with Gasteiger partial charge in [-0.25, -0.2) is 0 Å². The number of ether oxygens (including phenoxy) is 1. The number of primary amides is 1. The van der Waals surface area contributed by atoms with Gasteiger partial charge in [-0.15, -0.1) is 0 Å². The highest BCUT2D eigenvalue weighted by atomic mass is 32.2. The Bertz CT molecular complexity index is 2030. The first-order valence-corrected chi connectivity index (χ1v) is 19.5. The van der Waals surface area contributed by atoms with Crippen LogP contribution in [0.4, 0.5) is 0 Å². The van der Waals surface area contributed by atoms with E-state index in [4.69, 9.17) is 24.1 Å². The highest BCUT2D eigenvalue weighted by molar-refractivity contribution is 7.86. The Kier molecular flexibility index (Phi) is 17.9. The summed E-state index contributed by atoms with van der Waals surface area (Å²) in [5.74, 6) is -0.423. The molecule has 13 nitrogen and oxygen atoms in total. The molecule has 5 rings (SSSR count). The van der Waals surface area contributed by atoms with Gasteiger partial charge in [0.25, 0.3) is 30.4 Å². The number of nitrogens with two attached hydrogens (primary N) is 1. The van der Waals surface area contributed by atoms with Crippen molar-refractivity contribution in [3.05, 3.63) is 138 Å². The van der Waals surface area contributed by atoms with Crippen molar-refractivity contribution in [2.45, 2.75) is 54.9 Å². The number of amides is 1. The third kappa shape index (κ3) is 16.2. The van der Waals surface area contributed by atoms with Crippen LogP contribution in [0.1, 0.15) is 29.2 Å². The van der Waals surface area contributed by atoms with Crippen molar-refractivity contribution in [1.29, 1.82) is 0 Å². The van der Waals surface area contributed by atoms with Crippen LogP contribution in [0.15, 0.2) is 130 Å². The molecule has 0 aromatic heterocycles. The lowest BCUT2D eigenvalue weighted by Crippen LogP contribution is -2.28. The zero-order valence-corrected chi connectivity index (χ0v) is 31.3. The Balaban J connectivity index is 0.000000355. The van der Waals surface area contributed by atoms with E-state index in [1.165, 1.54) is 52.7 Å². The zero-order valence-electron chi connectivity index (χ0n) is 28.9. The summed E-state index contributed by atoms with van der Waals surface area (Å²) in [4.78, 5) is 10.7. The van der Waals surface area contributed by atoms with Crippen LogP contribution >= 0.6 is 0 Å². The number of fused-ring (bicyclic) bond motifs is 1. The highest BCUT2D eigenvalue weighted by Gasteiger charge is 2.10. The Hall–Kier alpha value is -4.52. The average molecular weight is 778 g/mol. The van der Waals surface area contributed by atoms with Crippen molar-refractivity contribution < 1.29 is 53.9 Å². The minimum atomic E-state index is -4.02. The number of carbonyl (C=O) groups excluding carboxylic acids is 1. The molecule has 0 spiro atoms. The molecule has 0 heterocycles. The van der Waals surface area contributed by atoms with Gasteiger partial charge in [0.1, 0.15) is 6.10 Å². The molecule has 0 aliphatic carbocycles. The summed E-state index contributed by atoms with van der Waals surface area (Å²) in [6.45, 7) is 7.69. The standard InChI is InChI=1S/C15H17NO2.3C7H8O3S.H2O/c1-11(15(16)17)18-10-9-13-7-4-6-12-5-2-3-8-14(12)13;3*1-6-2-4-7(5-3-6)11(8,9)10;/h2-8,11H,9-10H2,1H3,(H2,16,17);3*2-5H,1H3,(H,8,9,10);1H2. The van der Waals surface area contributed by atoms with Gasteiger partial charge in [0, 0.05) is 0 Å². The van der Waals surface area contributed by atoms with Crippen LogP contribution in [0, 0.1) is 20.8 Å². The van der Waals surface area contributed by atoms with E-state index < -0.39 is 42.4 Å². The molecule has 0 fully saturated rings. The Morgan fingerprint density at radius 2 is 0.942 bits per heavy atom. The third-order valence-electron chi connectivity index (χ3n) is 6.98. The molecule has 5 aromatic carbocycles. The molecule has 0 aliphatic rings. The van der Waals surface area contributed by atoms with Crippen LogP contribution in [0.3, 0.4) is 0 Å². The average Bonchev–Trinajstić information content (AvgIpc) is 3.05. The SMILES string of the molecule is CC(OCCc1cccc2ccccc12)C(N)=O.Cc1ccc(S(=O)(=O)O)cc1.Cc1ccc(S(=O)(=O)O)cc1.Cc1ccc(S(=O)(=O)O)cc1.O. The molecule has 0 saturated heterocycles. The lowest BCUT2D eigenvalue weighted by atomic mass is 10.0. The normalized spacial score (nSPS) is 11.6. The molecule has 5 aromatic rings. The number of hydrogen-bond acceptors (Lipinski definition) is 8. The summed E-state index contributed by atoms with van der Waals surface area (Å²) in [5, 5.41) is 2.45. The molecule has 282 valence electrons. The first-order valence-electron chi connectivity index (χ1n) is 15.2. The summed E-state index contributed by atoms with van der Waals surface area (Å²) in [5.41, 5.74) is 9.24. The van der Waals surface area contributed by atoms with Gasteiger partial charge in [-0.2, -0.15) is 25.3 Å². The van der Waals surface area contributed by atoms with Crippen molar-refractivity contribution in [2.24, 2.45) is 5.73 Å². The minimum absolute atomic E-state index is 0. The second kappa shape index (κ2) is 20.5. The van der Waals surface area contributed by atoms with E-state index in [2.05, 4.69) is 24.3 Å². The lowest BCUT2D eigenvalue weighted by Gasteiger charge is -2.10. The van der Waals surface area contributed by atoms with Crippen LogP contribution < -0.4 is 5.73 Å². The quantitative estimate of drug-likeness (QED) is 0.150. The Labute approximate surface area is 304 Å². The maximum absolute atomic E-state index is 10.9. The molecule has 7 N–H and O–H groups in total. The summed E-state index contributed by atoms with van der Waals surface area (Å²) in [7, 11) is -12.1. The molecule has 1 amide bonds. The second-order valence-corrected chi connectivity index (χ2v) is 15.4. The predicted molar refractivity (Wildman–Crippen MR) is 199 cm³/mol. The van der Waals surface area contributed by atoms with Crippen LogP contribution in [0.5, 0.6) is 0 Å². The highest BCUT2D eigenvalue weighted by Crippen LogP contribution is 2.19. The van der Waals surface area contributed by atoms with E-state index in [9.17, 15) is 30.0 Å². The summed E-state index contributed by atoms with van der Waals surface area (Å²) >= 11 is 0. The largest absolute Gasteiger partial charge is 0.412 e. The van der Waals surface area contributed by atoms with Crippen LogP contribution in [0.25, 0.3) is 10.8 Å². The van der Waals surface area contributed by atoms with Crippen LogP contribution in [0.2, 0.25) is 0 Å².